The number of thioether (sulfide) groups is 1. The predicted octanol–water partition coefficient (Wildman–Crippen LogP) is 4.39. The third-order valence-corrected chi connectivity index (χ3v) is 4.98. The van der Waals surface area contributed by atoms with E-state index in [0.717, 1.165) is 42.2 Å². The fraction of sp³-hybridized carbons (Fsp3) is 0.316. The average Bonchev–Trinajstić information content (AvgIpc) is 2.99. The molecule has 23 heavy (non-hydrogen) atoms. The van der Waals surface area contributed by atoms with Crippen molar-refractivity contribution in [3.05, 3.63) is 59.2 Å². The van der Waals surface area contributed by atoms with Crippen molar-refractivity contribution in [1.82, 2.24) is 4.90 Å². The molecule has 2 aromatic rings. The first-order valence-corrected chi connectivity index (χ1v) is 9.23. The van der Waals surface area contributed by atoms with Crippen LogP contribution in [0.2, 0.25) is 0 Å². The lowest BCUT2D eigenvalue weighted by Gasteiger charge is -2.13. The molecule has 0 atom stereocenters. The Morgan fingerprint density at radius 1 is 1.17 bits per heavy atom. The van der Waals surface area contributed by atoms with Gasteiger partial charge in [-0.15, -0.1) is 11.8 Å². The number of nitrogens with zero attached hydrogens (tertiary/aromatic N) is 1. The zero-order chi connectivity index (χ0) is 16.2. The van der Waals surface area contributed by atoms with Gasteiger partial charge < -0.3 is 5.32 Å². The van der Waals surface area contributed by atoms with Gasteiger partial charge in [-0.05, 0) is 48.5 Å². The quantitative estimate of drug-likeness (QED) is 0.827. The summed E-state index contributed by atoms with van der Waals surface area (Å²) in [6.07, 6.45) is 3.14. The van der Waals surface area contributed by atoms with Crippen LogP contribution in [0.15, 0.2) is 47.4 Å². The second-order valence-corrected chi connectivity index (χ2v) is 6.66. The molecule has 0 aliphatic carbocycles. The van der Waals surface area contributed by atoms with Crippen molar-refractivity contribution in [2.45, 2.75) is 31.3 Å². The van der Waals surface area contributed by atoms with Gasteiger partial charge in [-0.25, -0.2) is 0 Å². The lowest BCUT2D eigenvalue weighted by molar-refractivity contribution is 0.102. The first-order chi connectivity index (χ1) is 11.2. The van der Waals surface area contributed by atoms with Gasteiger partial charge in [0.15, 0.2) is 0 Å². The highest BCUT2D eigenvalue weighted by Crippen LogP contribution is 2.30. The molecule has 0 radical (unpaired) electrons. The maximum Gasteiger partial charge on any atom is 0.256 e. The molecule has 4 heteroatoms. The SMILES string of the molecule is CCCN1Cc2cccc(NC(=O)c3ccccc3SC)c2C1. The van der Waals surface area contributed by atoms with Crippen LogP contribution in [-0.2, 0) is 13.1 Å². The van der Waals surface area contributed by atoms with E-state index in [-0.39, 0.29) is 5.91 Å². The van der Waals surface area contributed by atoms with E-state index in [1.54, 1.807) is 11.8 Å². The largest absolute Gasteiger partial charge is 0.322 e. The zero-order valence-corrected chi connectivity index (χ0v) is 14.5. The first-order valence-electron chi connectivity index (χ1n) is 8.00. The smallest absolute Gasteiger partial charge is 0.256 e. The van der Waals surface area contributed by atoms with E-state index in [1.165, 1.54) is 11.1 Å². The Labute approximate surface area is 142 Å². The summed E-state index contributed by atoms with van der Waals surface area (Å²) in [6, 6.07) is 13.9. The minimum atomic E-state index is -0.0303. The third kappa shape index (κ3) is 3.43. The molecule has 1 amide bonds. The molecule has 1 N–H and O–H groups in total. The van der Waals surface area contributed by atoms with Crippen molar-refractivity contribution in [3.8, 4) is 0 Å². The Kier molecular flexibility index (Phi) is 5.03. The van der Waals surface area contributed by atoms with Gasteiger partial charge in [-0.2, -0.15) is 0 Å². The van der Waals surface area contributed by atoms with E-state index in [2.05, 4.69) is 23.2 Å². The van der Waals surface area contributed by atoms with Crippen LogP contribution in [-0.4, -0.2) is 23.6 Å². The van der Waals surface area contributed by atoms with E-state index in [9.17, 15) is 4.79 Å². The minimum Gasteiger partial charge on any atom is -0.322 e. The van der Waals surface area contributed by atoms with Crippen LogP contribution >= 0.6 is 11.8 Å². The van der Waals surface area contributed by atoms with Crippen LogP contribution in [0.3, 0.4) is 0 Å². The first kappa shape index (κ1) is 16.1. The van der Waals surface area contributed by atoms with Crippen molar-refractivity contribution in [2.75, 3.05) is 18.1 Å². The molecule has 0 unspecified atom stereocenters. The van der Waals surface area contributed by atoms with E-state index >= 15 is 0 Å². The molecular formula is C19H22N2OS. The van der Waals surface area contributed by atoms with E-state index in [4.69, 9.17) is 0 Å². The molecule has 0 saturated carbocycles. The molecule has 0 spiro atoms. The van der Waals surface area contributed by atoms with Crippen molar-refractivity contribution in [3.63, 3.8) is 0 Å². The Hall–Kier alpha value is -1.78. The molecule has 2 aromatic carbocycles. The molecule has 3 rings (SSSR count). The molecule has 1 heterocycles. The molecule has 0 saturated heterocycles. The van der Waals surface area contributed by atoms with Crippen LogP contribution in [0.25, 0.3) is 0 Å². The van der Waals surface area contributed by atoms with Crippen molar-refractivity contribution in [2.24, 2.45) is 0 Å². The lowest BCUT2D eigenvalue weighted by Crippen LogP contribution is -2.17. The molecule has 1 aliphatic heterocycles. The van der Waals surface area contributed by atoms with E-state index in [0.29, 0.717) is 0 Å². The number of carbonyl (C=O) groups is 1. The highest BCUT2D eigenvalue weighted by Gasteiger charge is 2.22. The summed E-state index contributed by atoms with van der Waals surface area (Å²) in [4.78, 5) is 16.1. The second-order valence-electron chi connectivity index (χ2n) is 5.81. The predicted molar refractivity (Wildman–Crippen MR) is 97.0 cm³/mol. The number of hydrogen-bond donors (Lipinski definition) is 1. The summed E-state index contributed by atoms with van der Waals surface area (Å²) >= 11 is 1.60. The van der Waals surface area contributed by atoms with Crippen LogP contribution in [0.1, 0.15) is 34.8 Å². The maximum atomic E-state index is 12.7. The van der Waals surface area contributed by atoms with Gasteiger partial charge in [0.2, 0.25) is 0 Å². The molecule has 0 fully saturated rings. The number of amides is 1. The summed E-state index contributed by atoms with van der Waals surface area (Å²) in [5.41, 5.74) is 4.27. The van der Waals surface area contributed by atoms with E-state index < -0.39 is 0 Å². The minimum absolute atomic E-state index is 0.0303. The second kappa shape index (κ2) is 7.20. The monoisotopic (exact) mass is 326 g/mol. The van der Waals surface area contributed by atoms with Gasteiger partial charge >= 0.3 is 0 Å². The van der Waals surface area contributed by atoms with Gasteiger partial charge in [0.25, 0.3) is 5.91 Å². The standard InChI is InChI=1S/C19H22N2OS/c1-3-11-21-12-14-7-6-9-17(16(14)13-21)20-19(22)15-8-4-5-10-18(15)23-2/h4-10H,3,11-13H2,1-2H3,(H,20,22). The number of anilines is 1. The third-order valence-electron chi connectivity index (χ3n) is 4.19. The van der Waals surface area contributed by atoms with Gasteiger partial charge in [0, 0.05) is 23.7 Å². The zero-order valence-electron chi connectivity index (χ0n) is 13.6. The van der Waals surface area contributed by atoms with Gasteiger partial charge in [-0.3, -0.25) is 9.69 Å². The Bertz CT molecular complexity index is 714. The Morgan fingerprint density at radius 3 is 2.78 bits per heavy atom. The molecule has 0 bridgehead atoms. The lowest BCUT2D eigenvalue weighted by atomic mass is 10.1. The summed E-state index contributed by atoms with van der Waals surface area (Å²) in [6.45, 7) is 5.19. The number of nitrogens with one attached hydrogen (secondary N) is 1. The number of fused-ring (bicyclic) bond motifs is 1. The number of carbonyl (C=O) groups excluding carboxylic acids is 1. The van der Waals surface area contributed by atoms with Gasteiger partial charge in [0.1, 0.15) is 0 Å². The van der Waals surface area contributed by atoms with Crippen LogP contribution < -0.4 is 5.32 Å². The number of benzene rings is 2. The highest BCUT2D eigenvalue weighted by atomic mass is 32.2. The highest BCUT2D eigenvalue weighted by molar-refractivity contribution is 7.98. The summed E-state index contributed by atoms with van der Waals surface area (Å²) < 4.78 is 0. The molecule has 1 aliphatic rings. The average molecular weight is 326 g/mol. The fourth-order valence-corrected chi connectivity index (χ4v) is 3.70. The topological polar surface area (TPSA) is 32.3 Å². The molecule has 120 valence electrons. The number of rotatable bonds is 5. The van der Waals surface area contributed by atoms with Gasteiger partial charge in [0.05, 0.1) is 5.56 Å². The van der Waals surface area contributed by atoms with Crippen molar-refractivity contribution in [1.29, 1.82) is 0 Å². The Balaban J connectivity index is 1.82. The van der Waals surface area contributed by atoms with Crippen LogP contribution in [0.4, 0.5) is 5.69 Å². The van der Waals surface area contributed by atoms with E-state index in [1.807, 2.05) is 42.7 Å². The van der Waals surface area contributed by atoms with Crippen molar-refractivity contribution >= 4 is 23.4 Å². The van der Waals surface area contributed by atoms with Crippen LogP contribution in [0.5, 0.6) is 0 Å². The van der Waals surface area contributed by atoms with Crippen LogP contribution in [0, 0.1) is 0 Å². The maximum absolute atomic E-state index is 12.7. The van der Waals surface area contributed by atoms with Crippen molar-refractivity contribution < 1.29 is 4.79 Å². The number of hydrogen-bond acceptors (Lipinski definition) is 3. The normalized spacial score (nSPS) is 13.8. The summed E-state index contributed by atoms with van der Waals surface area (Å²) in [5, 5.41) is 3.12. The molecule has 0 aromatic heterocycles. The summed E-state index contributed by atoms with van der Waals surface area (Å²) in [7, 11) is 0. The molecule has 3 nitrogen and oxygen atoms in total. The van der Waals surface area contributed by atoms with Gasteiger partial charge in [-0.1, -0.05) is 31.2 Å². The molecular weight excluding hydrogens is 304 g/mol. The Morgan fingerprint density at radius 2 is 2.00 bits per heavy atom. The summed E-state index contributed by atoms with van der Waals surface area (Å²) in [5.74, 6) is -0.0303. The fourth-order valence-electron chi connectivity index (χ4n) is 3.10.